The number of nitrogens with zero attached hydrogens (tertiary/aromatic N) is 2. The molecule has 1 aromatic heterocycles. The van der Waals surface area contributed by atoms with E-state index in [1.807, 2.05) is 30.3 Å². The van der Waals surface area contributed by atoms with E-state index < -0.39 is 28.3 Å². The number of aliphatic hydroxyl groups excluding tert-OH is 1. The Kier molecular flexibility index (Phi) is 9.30. The Morgan fingerprint density at radius 1 is 1.17 bits per heavy atom. The van der Waals surface area contributed by atoms with Crippen LogP contribution in [0.3, 0.4) is 0 Å². The summed E-state index contributed by atoms with van der Waals surface area (Å²) in [5.74, 6) is 0.233. The van der Waals surface area contributed by atoms with Crippen LogP contribution in [0.15, 0.2) is 59.8 Å². The van der Waals surface area contributed by atoms with Gasteiger partial charge in [0, 0.05) is 31.9 Å². The van der Waals surface area contributed by atoms with Crippen molar-refractivity contribution in [3.05, 3.63) is 60.4 Å². The summed E-state index contributed by atoms with van der Waals surface area (Å²) in [7, 11) is -3.89. The number of carbonyl (C=O) groups is 1. The Morgan fingerprint density at radius 3 is 2.61 bits per heavy atom. The smallest absolute Gasteiger partial charge is 0.407 e. The number of carbonyl (C=O) groups excluding carboxylic acids is 1. The third-order valence-corrected chi connectivity index (χ3v) is 8.64. The lowest BCUT2D eigenvalue weighted by Gasteiger charge is -2.31. The molecule has 2 fully saturated rings. The lowest BCUT2D eigenvalue weighted by atomic mass is 10.0. The van der Waals surface area contributed by atoms with Gasteiger partial charge in [0.05, 0.1) is 25.4 Å². The standard InChI is InChI=1S/C26H35N3O6S/c30-25(18-29(17-21-9-4-5-10-21)36(32,33)23-11-6-13-27-16-23)24(15-20-7-2-1-3-8-20)28-26(31)35-22-12-14-34-19-22/h1-3,6-8,11,13,16,21-22,24-25,30H,4-5,9-10,12,14-15,17-19H2,(H,28,31)/t22-,24-,25+/m0/s1. The van der Waals surface area contributed by atoms with E-state index in [1.165, 1.54) is 22.8 Å². The van der Waals surface area contributed by atoms with E-state index in [-0.39, 0.29) is 23.5 Å². The van der Waals surface area contributed by atoms with E-state index in [0.717, 1.165) is 31.2 Å². The van der Waals surface area contributed by atoms with E-state index >= 15 is 0 Å². The molecular formula is C26H35N3O6S. The second kappa shape index (κ2) is 12.6. The molecule has 0 radical (unpaired) electrons. The zero-order valence-corrected chi connectivity index (χ0v) is 21.2. The molecule has 0 bridgehead atoms. The Labute approximate surface area is 212 Å². The lowest BCUT2D eigenvalue weighted by Crippen LogP contribution is -2.51. The van der Waals surface area contributed by atoms with Gasteiger partial charge in [-0.15, -0.1) is 0 Å². The van der Waals surface area contributed by atoms with Crippen LogP contribution in [-0.4, -0.2) is 73.5 Å². The number of amides is 1. The van der Waals surface area contributed by atoms with Gasteiger partial charge in [-0.25, -0.2) is 13.2 Å². The van der Waals surface area contributed by atoms with Crippen LogP contribution in [0.25, 0.3) is 0 Å². The van der Waals surface area contributed by atoms with E-state index in [4.69, 9.17) is 9.47 Å². The van der Waals surface area contributed by atoms with Crippen molar-refractivity contribution in [2.24, 2.45) is 5.92 Å². The zero-order chi connectivity index (χ0) is 25.4. The fourth-order valence-corrected chi connectivity index (χ4v) is 6.33. The number of aromatic nitrogens is 1. The van der Waals surface area contributed by atoms with Crippen LogP contribution in [0.1, 0.15) is 37.7 Å². The van der Waals surface area contributed by atoms with Crippen molar-refractivity contribution in [1.29, 1.82) is 0 Å². The minimum Gasteiger partial charge on any atom is -0.444 e. The molecule has 1 amide bonds. The molecule has 2 heterocycles. The van der Waals surface area contributed by atoms with Crippen LogP contribution in [-0.2, 0) is 25.9 Å². The third kappa shape index (κ3) is 7.25. The molecule has 9 nitrogen and oxygen atoms in total. The van der Waals surface area contributed by atoms with Crippen molar-refractivity contribution in [2.75, 3.05) is 26.3 Å². The number of hydrogen-bond acceptors (Lipinski definition) is 7. The van der Waals surface area contributed by atoms with Crippen LogP contribution in [0.5, 0.6) is 0 Å². The van der Waals surface area contributed by atoms with Crippen molar-refractivity contribution < 1.29 is 27.8 Å². The summed E-state index contributed by atoms with van der Waals surface area (Å²) in [6.07, 6.45) is 5.71. The third-order valence-electron chi connectivity index (χ3n) is 6.83. The molecule has 2 aliphatic rings. The molecule has 1 aliphatic heterocycles. The molecule has 2 N–H and O–H groups in total. The monoisotopic (exact) mass is 517 g/mol. The number of ether oxygens (including phenoxy) is 2. The minimum absolute atomic E-state index is 0.0865. The molecule has 196 valence electrons. The van der Waals surface area contributed by atoms with Crippen LogP contribution >= 0.6 is 0 Å². The highest BCUT2D eigenvalue weighted by molar-refractivity contribution is 7.89. The van der Waals surface area contributed by atoms with Crippen molar-refractivity contribution in [3.8, 4) is 0 Å². The molecular weight excluding hydrogens is 482 g/mol. The summed E-state index contributed by atoms with van der Waals surface area (Å²) < 4.78 is 39.1. The van der Waals surface area contributed by atoms with Gasteiger partial charge in [0.15, 0.2) is 0 Å². The predicted molar refractivity (Wildman–Crippen MR) is 134 cm³/mol. The van der Waals surface area contributed by atoms with E-state index in [0.29, 0.717) is 32.6 Å². The van der Waals surface area contributed by atoms with Gasteiger partial charge in [-0.05, 0) is 42.9 Å². The van der Waals surface area contributed by atoms with Gasteiger partial charge in [-0.3, -0.25) is 4.98 Å². The van der Waals surface area contributed by atoms with Crippen molar-refractivity contribution in [2.45, 2.75) is 61.7 Å². The summed E-state index contributed by atoms with van der Waals surface area (Å²) in [5, 5.41) is 14.1. The molecule has 3 atom stereocenters. The molecule has 2 aromatic rings. The van der Waals surface area contributed by atoms with E-state index in [1.54, 1.807) is 6.07 Å². The Morgan fingerprint density at radius 2 is 1.94 bits per heavy atom. The number of pyridine rings is 1. The van der Waals surface area contributed by atoms with Crippen LogP contribution in [0.2, 0.25) is 0 Å². The average molecular weight is 518 g/mol. The summed E-state index contributed by atoms with van der Waals surface area (Å²) in [5.41, 5.74) is 0.906. The van der Waals surface area contributed by atoms with Gasteiger partial charge in [-0.1, -0.05) is 43.2 Å². The number of rotatable bonds is 11. The molecule has 36 heavy (non-hydrogen) atoms. The normalized spacial score (nSPS) is 20.3. The number of nitrogens with one attached hydrogen (secondary N) is 1. The summed E-state index contributed by atoms with van der Waals surface area (Å²) in [6.45, 7) is 1.04. The van der Waals surface area contributed by atoms with Crippen LogP contribution < -0.4 is 5.32 Å². The predicted octanol–water partition coefficient (Wildman–Crippen LogP) is 2.75. The average Bonchev–Trinajstić information content (AvgIpc) is 3.59. The maximum atomic E-state index is 13.5. The van der Waals surface area contributed by atoms with Gasteiger partial charge in [-0.2, -0.15) is 4.31 Å². The van der Waals surface area contributed by atoms with Crippen LogP contribution in [0, 0.1) is 5.92 Å². The van der Waals surface area contributed by atoms with Gasteiger partial charge in [0.2, 0.25) is 10.0 Å². The number of alkyl carbamates (subject to hydrolysis) is 1. The molecule has 0 unspecified atom stereocenters. The van der Waals surface area contributed by atoms with E-state index in [9.17, 15) is 18.3 Å². The minimum atomic E-state index is -3.89. The Balaban J connectivity index is 1.52. The largest absolute Gasteiger partial charge is 0.444 e. The lowest BCUT2D eigenvalue weighted by molar-refractivity contribution is 0.0641. The molecule has 1 aliphatic carbocycles. The second-order valence-electron chi connectivity index (χ2n) is 9.56. The highest BCUT2D eigenvalue weighted by Crippen LogP contribution is 2.28. The number of benzene rings is 1. The molecule has 1 saturated heterocycles. The fraction of sp³-hybridized carbons (Fsp3) is 0.538. The van der Waals surface area contributed by atoms with E-state index in [2.05, 4.69) is 10.3 Å². The highest BCUT2D eigenvalue weighted by Gasteiger charge is 2.34. The molecule has 4 rings (SSSR count). The number of aliphatic hydroxyl groups is 1. The van der Waals surface area contributed by atoms with Crippen molar-refractivity contribution >= 4 is 16.1 Å². The van der Waals surface area contributed by atoms with Crippen LogP contribution in [0.4, 0.5) is 4.79 Å². The van der Waals surface area contributed by atoms with Crippen molar-refractivity contribution in [1.82, 2.24) is 14.6 Å². The topological polar surface area (TPSA) is 118 Å². The molecule has 10 heteroatoms. The highest BCUT2D eigenvalue weighted by atomic mass is 32.2. The first kappa shape index (κ1) is 26.5. The molecule has 0 spiro atoms. The summed E-state index contributed by atoms with van der Waals surface area (Å²) in [6, 6.07) is 11.8. The maximum Gasteiger partial charge on any atom is 0.407 e. The fourth-order valence-electron chi connectivity index (χ4n) is 4.83. The van der Waals surface area contributed by atoms with Crippen molar-refractivity contribution in [3.63, 3.8) is 0 Å². The number of sulfonamides is 1. The second-order valence-corrected chi connectivity index (χ2v) is 11.5. The summed E-state index contributed by atoms with van der Waals surface area (Å²) >= 11 is 0. The first-order valence-electron chi connectivity index (χ1n) is 12.6. The Hall–Kier alpha value is -2.53. The SMILES string of the molecule is O=C(N[C@@H](Cc1ccccc1)[C@H](O)CN(CC1CCCC1)S(=O)(=O)c1cccnc1)O[C@H]1CCOC1. The maximum absolute atomic E-state index is 13.5. The van der Waals surface area contributed by atoms with Gasteiger partial charge < -0.3 is 19.9 Å². The number of hydrogen-bond donors (Lipinski definition) is 2. The first-order valence-corrected chi connectivity index (χ1v) is 14.0. The molecule has 1 saturated carbocycles. The Bertz CT molecular complexity index is 1060. The summed E-state index contributed by atoms with van der Waals surface area (Å²) in [4.78, 5) is 16.7. The quantitative estimate of drug-likeness (QED) is 0.471. The molecule has 1 aromatic carbocycles. The zero-order valence-electron chi connectivity index (χ0n) is 20.4. The first-order chi connectivity index (χ1) is 17.4. The van der Waals surface area contributed by atoms with Gasteiger partial charge in [0.1, 0.15) is 11.0 Å². The van der Waals surface area contributed by atoms with Gasteiger partial charge >= 0.3 is 6.09 Å². The van der Waals surface area contributed by atoms with Gasteiger partial charge in [0.25, 0.3) is 0 Å².